The van der Waals surface area contributed by atoms with Crippen molar-refractivity contribution in [1.29, 1.82) is 0 Å². The van der Waals surface area contributed by atoms with Gasteiger partial charge in [0.15, 0.2) is 0 Å². The van der Waals surface area contributed by atoms with Crippen LogP contribution in [0, 0.1) is 0 Å². The van der Waals surface area contributed by atoms with E-state index in [0.29, 0.717) is 0 Å². The predicted molar refractivity (Wildman–Crippen MR) is 41.9 cm³/mol. The summed E-state index contributed by atoms with van der Waals surface area (Å²) >= 11 is 0. The van der Waals surface area contributed by atoms with Crippen LogP contribution in [0.5, 0.6) is 0 Å². The maximum absolute atomic E-state index is 9.47. The van der Waals surface area contributed by atoms with Crippen molar-refractivity contribution in [3.05, 3.63) is 39.0 Å². The summed E-state index contributed by atoms with van der Waals surface area (Å²) in [6.07, 6.45) is 1.06. The van der Waals surface area contributed by atoms with E-state index in [4.69, 9.17) is 0 Å². The van der Waals surface area contributed by atoms with Crippen molar-refractivity contribution < 1.29 is 4.79 Å². The molecular formula is C7H13NO. The van der Waals surface area contributed by atoms with Gasteiger partial charge < -0.3 is 5.73 Å². The second-order valence-corrected chi connectivity index (χ2v) is 0.606. The largest absolute Gasteiger partial charge is 0.366 e. The highest BCUT2D eigenvalue weighted by Crippen LogP contribution is 1.48. The molecule has 2 nitrogen and oxygen atoms in total. The van der Waals surface area contributed by atoms with Gasteiger partial charge in [0.25, 0.3) is 0 Å². The fraction of sp³-hybridized carbons (Fsp3) is 0. The fourth-order valence-corrected chi connectivity index (χ4v) is 0. The second-order valence-electron chi connectivity index (χ2n) is 0.606. The minimum atomic E-state index is -0.481. The van der Waals surface area contributed by atoms with Crippen LogP contribution in [0.4, 0.5) is 0 Å². The molecule has 0 aliphatic rings. The first-order chi connectivity index (χ1) is 4.27. The summed E-state index contributed by atoms with van der Waals surface area (Å²) < 4.78 is 0. The van der Waals surface area contributed by atoms with Gasteiger partial charge in [0.1, 0.15) is 0 Å². The number of hydrogen-bond donors (Lipinski definition) is 1. The molecule has 1 amide bonds. The molecule has 0 aromatic heterocycles. The highest BCUT2D eigenvalue weighted by molar-refractivity contribution is 5.84. The van der Waals surface area contributed by atoms with Crippen LogP contribution < -0.4 is 5.73 Å². The average Bonchev–Trinajstić information content (AvgIpc) is 1.97. The maximum Gasteiger partial charge on any atom is 0.240 e. The van der Waals surface area contributed by atoms with Crippen molar-refractivity contribution in [2.45, 2.75) is 0 Å². The molecule has 0 aliphatic carbocycles. The molecule has 0 radical (unpaired) electrons. The van der Waals surface area contributed by atoms with Gasteiger partial charge in [-0.05, 0) is 6.08 Å². The van der Waals surface area contributed by atoms with Gasteiger partial charge in [-0.3, -0.25) is 4.79 Å². The molecule has 2 heteroatoms. The molecule has 0 spiro atoms. The first kappa shape index (κ1) is 15.6. The molecule has 0 fully saturated rings. The van der Waals surface area contributed by atoms with E-state index in [-0.39, 0.29) is 0 Å². The monoisotopic (exact) mass is 127 g/mol. The number of carbonyl (C=O) groups excluding carboxylic acids is 1. The van der Waals surface area contributed by atoms with E-state index in [0.717, 1.165) is 6.08 Å². The molecule has 0 aromatic rings. The van der Waals surface area contributed by atoms with E-state index in [2.05, 4.69) is 38.6 Å². The molecule has 0 atom stereocenters. The third-order valence-corrected chi connectivity index (χ3v) is 0.201. The van der Waals surface area contributed by atoms with Gasteiger partial charge in [0, 0.05) is 0 Å². The van der Waals surface area contributed by atoms with Gasteiger partial charge in [-0.1, -0.05) is 6.58 Å². The summed E-state index contributed by atoms with van der Waals surface area (Å²) in [5, 5.41) is 0. The molecule has 0 heterocycles. The smallest absolute Gasteiger partial charge is 0.240 e. The van der Waals surface area contributed by atoms with Crippen molar-refractivity contribution in [3.63, 3.8) is 0 Å². The molecule has 0 bridgehead atoms. The van der Waals surface area contributed by atoms with Crippen molar-refractivity contribution in [1.82, 2.24) is 0 Å². The summed E-state index contributed by atoms with van der Waals surface area (Å²) in [5.41, 5.74) is 4.53. The number of carbonyl (C=O) groups is 1. The van der Waals surface area contributed by atoms with E-state index in [1.807, 2.05) is 0 Å². The van der Waals surface area contributed by atoms with Crippen LogP contribution in [-0.2, 0) is 4.79 Å². The number of nitrogens with two attached hydrogens (primary N) is 1. The van der Waals surface area contributed by atoms with Gasteiger partial charge in [0.2, 0.25) is 5.91 Å². The highest BCUT2D eigenvalue weighted by atomic mass is 16.1. The number of rotatable bonds is 1. The Morgan fingerprint density at radius 3 is 1.33 bits per heavy atom. The molecular weight excluding hydrogens is 114 g/mol. The van der Waals surface area contributed by atoms with Crippen LogP contribution in [0.2, 0.25) is 0 Å². The number of amides is 1. The molecule has 52 valence electrons. The summed E-state index contributed by atoms with van der Waals surface area (Å²) in [6.45, 7) is 15.1. The van der Waals surface area contributed by atoms with Crippen molar-refractivity contribution in [2.75, 3.05) is 0 Å². The van der Waals surface area contributed by atoms with E-state index in [9.17, 15) is 4.79 Å². The van der Waals surface area contributed by atoms with Crippen LogP contribution >= 0.6 is 0 Å². The van der Waals surface area contributed by atoms with E-state index < -0.39 is 5.91 Å². The zero-order chi connectivity index (χ0) is 8.28. The van der Waals surface area contributed by atoms with Crippen LogP contribution in [-0.4, -0.2) is 5.91 Å². The second kappa shape index (κ2) is 29.9. The number of hydrogen-bond acceptors (Lipinski definition) is 1. The first-order valence-corrected chi connectivity index (χ1v) is 2.19. The summed E-state index contributed by atoms with van der Waals surface area (Å²) in [5.74, 6) is -0.481. The Morgan fingerprint density at radius 2 is 1.33 bits per heavy atom. The molecule has 0 rings (SSSR count). The molecule has 0 saturated heterocycles. The van der Waals surface area contributed by atoms with Gasteiger partial charge in [-0.15, -0.1) is 26.3 Å². The van der Waals surface area contributed by atoms with Gasteiger partial charge >= 0.3 is 0 Å². The lowest BCUT2D eigenvalue weighted by Gasteiger charge is -1.65. The van der Waals surface area contributed by atoms with E-state index in [1.54, 1.807) is 0 Å². The third-order valence-electron chi connectivity index (χ3n) is 0.201. The Bertz CT molecular complexity index is 77.0. The Kier molecular flexibility index (Phi) is 52.0. The van der Waals surface area contributed by atoms with Crippen LogP contribution in [0.15, 0.2) is 39.0 Å². The lowest BCUT2D eigenvalue weighted by atomic mass is 10.6. The minimum Gasteiger partial charge on any atom is -0.366 e. The lowest BCUT2D eigenvalue weighted by Crippen LogP contribution is -2.04. The Balaban J connectivity index is -0.0000000771. The maximum atomic E-state index is 9.47. The summed E-state index contributed by atoms with van der Waals surface area (Å²) in [7, 11) is 0. The van der Waals surface area contributed by atoms with Gasteiger partial charge in [0.05, 0.1) is 0 Å². The minimum absolute atomic E-state index is 0.481. The van der Waals surface area contributed by atoms with Crippen LogP contribution in [0.1, 0.15) is 0 Å². The van der Waals surface area contributed by atoms with E-state index >= 15 is 0 Å². The number of primary amides is 1. The van der Waals surface area contributed by atoms with Crippen molar-refractivity contribution in [2.24, 2.45) is 5.73 Å². The van der Waals surface area contributed by atoms with E-state index in [1.165, 1.54) is 0 Å². The van der Waals surface area contributed by atoms with Gasteiger partial charge in [-0.25, -0.2) is 0 Å². The fourth-order valence-electron chi connectivity index (χ4n) is 0. The van der Waals surface area contributed by atoms with Gasteiger partial charge in [-0.2, -0.15) is 0 Å². The SMILES string of the molecule is C=C.C=C.C=CC(N)=O. The van der Waals surface area contributed by atoms with Crippen LogP contribution in [0.3, 0.4) is 0 Å². The Morgan fingerprint density at radius 1 is 1.22 bits per heavy atom. The quantitative estimate of drug-likeness (QED) is 0.418. The normalized spacial score (nSPS) is 4.44. The molecule has 0 aliphatic heterocycles. The highest BCUT2D eigenvalue weighted by Gasteiger charge is 1.69. The lowest BCUT2D eigenvalue weighted by molar-refractivity contribution is -0.113. The molecule has 0 aromatic carbocycles. The van der Waals surface area contributed by atoms with Crippen molar-refractivity contribution >= 4 is 5.91 Å². The molecule has 9 heavy (non-hydrogen) atoms. The third kappa shape index (κ3) is 309. The molecule has 2 N–H and O–H groups in total. The predicted octanol–water partition coefficient (Wildman–Crippen LogP) is 1.26. The van der Waals surface area contributed by atoms with Crippen LogP contribution in [0.25, 0.3) is 0 Å². The summed E-state index contributed by atoms with van der Waals surface area (Å²) in [6, 6.07) is 0. The Labute approximate surface area is 56.4 Å². The molecule has 0 saturated carbocycles. The zero-order valence-electron chi connectivity index (χ0n) is 5.60. The average molecular weight is 127 g/mol. The first-order valence-electron chi connectivity index (χ1n) is 2.19. The topological polar surface area (TPSA) is 43.1 Å². The molecule has 0 unspecified atom stereocenters. The Hall–Kier alpha value is -1.31. The van der Waals surface area contributed by atoms with Crippen molar-refractivity contribution in [3.8, 4) is 0 Å². The summed E-state index contributed by atoms with van der Waals surface area (Å²) in [4.78, 5) is 9.47. The standard InChI is InChI=1S/C3H5NO.2C2H4/c1-2-3(4)5;2*1-2/h2H,1H2,(H2,4,5);2*1-2H2. The zero-order valence-corrected chi connectivity index (χ0v) is 5.60.